The molecule has 0 radical (unpaired) electrons. The van der Waals surface area contributed by atoms with Crippen LogP contribution in [0.5, 0.6) is 0 Å². The molecule has 2 heterocycles. The van der Waals surface area contributed by atoms with E-state index in [1.807, 2.05) is 30.3 Å². The highest BCUT2D eigenvalue weighted by Gasteiger charge is 2.55. The molecule has 28 heavy (non-hydrogen) atoms. The zero-order chi connectivity index (χ0) is 19.8. The van der Waals surface area contributed by atoms with Gasteiger partial charge in [0.1, 0.15) is 0 Å². The van der Waals surface area contributed by atoms with E-state index in [1.54, 1.807) is 15.6 Å². The first-order chi connectivity index (χ1) is 13.4. The fourth-order valence-electron chi connectivity index (χ4n) is 3.85. The Morgan fingerprint density at radius 1 is 0.964 bits per heavy atom. The molecule has 1 fully saturated rings. The van der Waals surface area contributed by atoms with Gasteiger partial charge in [0.2, 0.25) is 0 Å². The Labute approximate surface area is 161 Å². The highest BCUT2D eigenvalue weighted by molar-refractivity contribution is 5.81. The van der Waals surface area contributed by atoms with E-state index in [2.05, 4.69) is 5.10 Å². The highest BCUT2D eigenvalue weighted by Crippen LogP contribution is 2.41. The van der Waals surface area contributed by atoms with Crippen LogP contribution in [-0.2, 0) is 5.60 Å². The van der Waals surface area contributed by atoms with Crippen LogP contribution in [0.4, 0.5) is 13.2 Å². The maximum atomic E-state index is 13.9. The summed E-state index contributed by atoms with van der Waals surface area (Å²) < 4.78 is 43.4. The second-order valence-electron chi connectivity index (χ2n) is 7.36. The third-order valence-electron chi connectivity index (χ3n) is 5.42. The Morgan fingerprint density at radius 2 is 1.68 bits per heavy atom. The molecule has 4 rings (SSSR count). The van der Waals surface area contributed by atoms with Crippen molar-refractivity contribution in [3.63, 3.8) is 0 Å². The number of aromatic nitrogens is 2. The lowest BCUT2D eigenvalue weighted by molar-refractivity contribution is -0.272. The van der Waals surface area contributed by atoms with Crippen molar-refractivity contribution in [1.82, 2.24) is 14.7 Å². The first kappa shape index (κ1) is 19.0. The number of fused-ring (bicyclic) bond motifs is 1. The molecular weight excluding hydrogens is 367 g/mol. The molecule has 2 aromatic carbocycles. The van der Waals surface area contributed by atoms with Gasteiger partial charge in [0, 0.05) is 11.9 Å². The number of hydrogen-bond acceptors (Lipinski definition) is 3. The van der Waals surface area contributed by atoms with Crippen LogP contribution in [0.15, 0.2) is 54.7 Å². The van der Waals surface area contributed by atoms with E-state index >= 15 is 0 Å². The van der Waals surface area contributed by atoms with E-state index < -0.39 is 18.3 Å². The van der Waals surface area contributed by atoms with Gasteiger partial charge in [-0.3, -0.25) is 4.90 Å². The van der Waals surface area contributed by atoms with Crippen molar-refractivity contribution >= 4 is 10.9 Å². The molecule has 1 saturated heterocycles. The molecule has 0 aliphatic carbocycles. The summed E-state index contributed by atoms with van der Waals surface area (Å²) in [5.74, 6) is 0. The van der Waals surface area contributed by atoms with Gasteiger partial charge in [-0.05, 0) is 55.8 Å². The Balaban J connectivity index is 1.72. The van der Waals surface area contributed by atoms with E-state index in [1.165, 1.54) is 18.3 Å². The summed E-state index contributed by atoms with van der Waals surface area (Å²) in [6, 6.07) is 13.7. The zero-order valence-corrected chi connectivity index (χ0v) is 15.4. The van der Waals surface area contributed by atoms with Crippen LogP contribution in [0.1, 0.15) is 24.8 Å². The van der Waals surface area contributed by atoms with Crippen LogP contribution >= 0.6 is 0 Å². The normalized spacial score (nSPS) is 18.3. The molecule has 0 bridgehead atoms. The van der Waals surface area contributed by atoms with Crippen molar-refractivity contribution in [3.05, 3.63) is 60.3 Å². The van der Waals surface area contributed by atoms with Gasteiger partial charge >= 0.3 is 6.18 Å². The summed E-state index contributed by atoms with van der Waals surface area (Å²) >= 11 is 0. The van der Waals surface area contributed by atoms with Crippen LogP contribution in [-0.4, -0.2) is 45.6 Å². The molecule has 0 amide bonds. The lowest BCUT2D eigenvalue weighted by atomic mass is 9.90. The molecule has 1 aromatic heterocycles. The van der Waals surface area contributed by atoms with Gasteiger partial charge in [-0.15, -0.1) is 0 Å². The van der Waals surface area contributed by atoms with E-state index in [0.29, 0.717) is 24.0 Å². The maximum Gasteiger partial charge on any atom is 0.422 e. The molecule has 1 unspecified atom stereocenters. The van der Waals surface area contributed by atoms with Gasteiger partial charge in [-0.1, -0.05) is 30.7 Å². The van der Waals surface area contributed by atoms with Crippen LogP contribution in [0.25, 0.3) is 16.6 Å². The highest BCUT2D eigenvalue weighted by atomic mass is 19.4. The number of halogens is 3. The third-order valence-corrected chi connectivity index (χ3v) is 5.42. The molecule has 0 saturated carbocycles. The quantitative estimate of drug-likeness (QED) is 0.725. The second kappa shape index (κ2) is 7.22. The predicted octanol–water partition coefficient (Wildman–Crippen LogP) is 4.26. The second-order valence-corrected chi connectivity index (χ2v) is 7.36. The van der Waals surface area contributed by atoms with Crippen molar-refractivity contribution in [2.45, 2.75) is 31.0 Å². The van der Waals surface area contributed by atoms with Gasteiger partial charge < -0.3 is 5.11 Å². The zero-order valence-electron chi connectivity index (χ0n) is 15.4. The predicted molar refractivity (Wildman–Crippen MR) is 101 cm³/mol. The number of likely N-dealkylation sites (tertiary alicyclic amines) is 1. The SMILES string of the molecule is OC(CN1CCCCC1)(c1ccc2c(cnn2-c2ccccc2)c1)C(F)(F)F. The lowest BCUT2D eigenvalue weighted by Gasteiger charge is -2.37. The van der Waals surface area contributed by atoms with E-state index in [9.17, 15) is 18.3 Å². The minimum Gasteiger partial charge on any atom is -0.375 e. The van der Waals surface area contributed by atoms with E-state index in [4.69, 9.17) is 0 Å². The summed E-state index contributed by atoms with van der Waals surface area (Å²) in [7, 11) is 0. The van der Waals surface area contributed by atoms with E-state index in [-0.39, 0.29) is 5.56 Å². The fourth-order valence-corrected chi connectivity index (χ4v) is 3.85. The summed E-state index contributed by atoms with van der Waals surface area (Å²) in [4.78, 5) is 1.70. The van der Waals surface area contributed by atoms with Crippen molar-refractivity contribution in [2.24, 2.45) is 0 Å². The van der Waals surface area contributed by atoms with Crippen LogP contribution in [0.2, 0.25) is 0 Å². The molecule has 0 spiro atoms. The van der Waals surface area contributed by atoms with Gasteiger partial charge in [0.25, 0.3) is 0 Å². The third kappa shape index (κ3) is 3.40. The standard InChI is InChI=1S/C21H22F3N3O/c22-21(23,24)20(28,15-26-11-5-2-6-12-26)17-9-10-19-16(13-17)14-25-27(19)18-7-3-1-4-8-18/h1,3-4,7-10,13-14,28H,2,5-6,11-12,15H2. The Bertz CT molecular complexity index is 948. The number of β-amino-alcohol motifs (C(OH)–C–C–N with tert-alkyl or cyclic N) is 1. The minimum absolute atomic E-state index is 0.148. The smallest absolute Gasteiger partial charge is 0.375 e. The number of benzene rings is 2. The minimum atomic E-state index is -4.77. The largest absolute Gasteiger partial charge is 0.422 e. The average Bonchev–Trinajstić information content (AvgIpc) is 3.12. The Kier molecular flexibility index (Phi) is 4.89. The van der Waals surface area contributed by atoms with Gasteiger partial charge in [-0.25, -0.2) is 4.68 Å². The van der Waals surface area contributed by atoms with Gasteiger partial charge in [0.05, 0.1) is 17.4 Å². The number of hydrogen-bond donors (Lipinski definition) is 1. The molecule has 4 nitrogen and oxygen atoms in total. The summed E-state index contributed by atoms with van der Waals surface area (Å²) in [6.07, 6.45) is -0.504. The topological polar surface area (TPSA) is 41.3 Å². The maximum absolute atomic E-state index is 13.9. The molecule has 7 heteroatoms. The molecule has 1 aliphatic heterocycles. The van der Waals surface area contributed by atoms with Crippen molar-refractivity contribution < 1.29 is 18.3 Å². The number of alkyl halides is 3. The average molecular weight is 389 g/mol. The molecule has 1 atom stereocenters. The van der Waals surface area contributed by atoms with Crippen molar-refractivity contribution in [2.75, 3.05) is 19.6 Å². The number of rotatable bonds is 4. The number of piperidine rings is 1. The molecule has 3 aromatic rings. The fraction of sp³-hybridized carbons (Fsp3) is 0.381. The van der Waals surface area contributed by atoms with Crippen molar-refractivity contribution in [1.29, 1.82) is 0 Å². The number of nitrogens with zero attached hydrogens (tertiary/aromatic N) is 3. The van der Waals surface area contributed by atoms with Crippen LogP contribution in [0.3, 0.4) is 0 Å². The summed E-state index contributed by atoms with van der Waals surface area (Å²) in [6.45, 7) is 0.702. The first-order valence-corrected chi connectivity index (χ1v) is 9.44. The molecular formula is C21H22F3N3O. The monoisotopic (exact) mass is 389 g/mol. The number of aliphatic hydroxyl groups is 1. The Hall–Kier alpha value is -2.38. The van der Waals surface area contributed by atoms with Gasteiger partial charge in [0.15, 0.2) is 5.60 Å². The molecule has 1 N–H and O–H groups in total. The summed E-state index contributed by atoms with van der Waals surface area (Å²) in [5, 5.41) is 15.6. The van der Waals surface area contributed by atoms with Crippen LogP contribution in [0, 0.1) is 0 Å². The molecule has 148 valence electrons. The first-order valence-electron chi connectivity index (χ1n) is 9.44. The van der Waals surface area contributed by atoms with Crippen LogP contribution < -0.4 is 0 Å². The molecule has 1 aliphatic rings. The Morgan fingerprint density at radius 3 is 2.36 bits per heavy atom. The summed E-state index contributed by atoms with van der Waals surface area (Å²) in [5.41, 5.74) is -1.54. The lowest BCUT2D eigenvalue weighted by Crippen LogP contribution is -2.52. The number of para-hydroxylation sites is 1. The van der Waals surface area contributed by atoms with Crippen molar-refractivity contribution in [3.8, 4) is 5.69 Å². The van der Waals surface area contributed by atoms with Gasteiger partial charge in [-0.2, -0.15) is 18.3 Å². The van der Waals surface area contributed by atoms with E-state index in [0.717, 1.165) is 24.9 Å².